The molecule has 2 aromatic rings. The average molecular weight is 415 g/mol. The Bertz CT molecular complexity index is 970. The first kappa shape index (κ1) is 19.9. The van der Waals surface area contributed by atoms with Crippen LogP contribution in [-0.2, 0) is 0 Å². The molecule has 4 heterocycles. The zero-order valence-electron chi connectivity index (χ0n) is 15.9. The summed E-state index contributed by atoms with van der Waals surface area (Å²) in [4.78, 5) is 36.3. The average Bonchev–Trinajstić information content (AvgIpc) is 3.16. The van der Waals surface area contributed by atoms with E-state index in [1.165, 1.54) is 23.2 Å². The van der Waals surface area contributed by atoms with E-state index in [1.807, 2.05) is 0 Å². The van der Waals surface area contributed by atoms with E-state index in [4.69, 9.17) is 9.84 Å². The van der Waals surface area contributed by atoms with E-state index in [0.717, 1.165) is 13.0 Å². The van der Waals surface area contributed by atoms with Gasteiger partial charge >= 0.3 is 12.0 Å². The van der Waals surface area contributed by atoms with Gasteiger partial charge < -0.3 is 25.0 Å². The number of aliphatic hydroxyl groups is 2. The van der Waals surface area contributed by atoms with E-state index >= 15 is 0 Å². The molecule has 0 aliphatic carbocycles. The van der Waals surface area contributed by atoms with Gasteiger partial charge in [-0.3, -0.25) is 10.2 Å². The van der Waals surface area contributed by atoms with Gasteiger partial charge in [-0.05, 0) is 24.6 Å². The topological polar surface area (TPSA) is 148 Å². The van der Waals surface area contributed by atoms with Gasteiger partial charge in [-0.25, -0.2) is 19.6 Å². The van der Waals surface area contributed by atoms with Crippen LogP contribution in [0.1, 0.15) is 16.9 Å². The summed E-state index contributed by atoms with van der Waals surface area (Å²) in [5.41, 5.74) is 0.581. The quantitative estimate of drug-likeness (QED) is 0.530. The van der Waals surface area contributed by atoms with Crippen LogP contribution >= 0.6 is 0 Å². The predicted molar refractivity (Wildman–Crippen MR) is 106 cm³/mol. The van der Waals surface area contributed by atoms with Crippen molar-refractivity contribution >= 4 is 29.3 Å². The molecular weight excluding hydrogens is 394 g/mol. The number of ether oxygens (including phenoxy) is 1. The number of nitrogens with zero attached hydrogens (tertiary/aromatic N) is 4. The zero-order valence-corrected chi connectivity index (χ0v) is 15.9. The second kappa shape index (κ2) is 8.13. The molecule has 158 valence electrons. The number of hydrogen-bond donors (Lipinski definition) is 4. The Morgan fingerprint density at radius 3 is 2.93 bits per heavy atom. The lowest BCUT2D eigenvalue weighted by molar-refractivity contribution is 0.0536. The fraction of sp³-hybridized carbons (Fsp3) is 0.368. The number of rotatable bonds is 6. The van der Waals surface area contributed by atoms with Gasteiger partial charge in [0.25, 0.3) is 0 Å². The number of pyridine rings is 2. The van der Waals surface area contributed by atoms with Gasteiger partial charge in [0.15, 0.2) is 11.5 Å². The highest BCUT2D eigenvalue weighted by molar-refractivity contribution is 6.04. The van der Waals surface area contributed by atoms with E-state index in [-0.39, 0.29) is 24.2 Å². The summed E-state index contributed by atoms with van der Waals surface area (Å²) in [5, 5.41) is 30.2. The molecule has 0 saturated carbocycles. The highest BCUT2D eigenvalue weighted by Crippen LogP contribution is 2.39. The molecule has 1 saturated heterocycles. The van der Waals surface area contributed by atoms with Crippen molar-refractivity contribution in [1.82, 2.24) is 9.97 Å². The van der Waals surface area contributed by atoms with Crippen LogP contribution in [0.15, 0.2) is 30.5 Å². The Balaban J connectivity index is 1.56. The van der Waals surface area contributed by atoms with Crippen molar-refractivity contribution < 1.29 is 29.6 Å². The largest absolute Gasteiger partial charge is 0.491 e. The summed E-state index contributed by atoms with van der Waals surface area (Å²) in [7, 11) is 0. The van der Waals surface area contributed by atoms with Crippen LogP contribution in [0, 0.1) is 0 Å². The van der Waals surface area contributed by atoms with E-state index in [1.54, 1.807) is 12.1 Å². The van der Waals surface area contributed by atoms with Crippen molar-refractivity contribution in [2.45, 2.75) is 18.6 Å². The van der Waals surface area contributed by atoms with Gasteiger partial charge in [0.2, 0.25) is 0 Å². The summed E-state index contributed by atoms with van der Waals surface area (Å²) in [6.07, 6.45) is 1.17. The third-order valence-electron chi connectivity index (χ3n) is 5.01. The van der Waals surface area contributed by atoms with Crippen LogP contribution in [0.5, 0.6) is 5.75 Å². The molecule has 2 atom stereocenters. The number of anilines is 3. The number of carboxylic acids is 1. The summed E-state index contributed by atoms with van der Waals surface area (Å²) < 4.78 is 5.37. The van der Waals surface area contributed by atoms with E-state index in [2.05, 4.69) is 20.2 Å². The Hall–Kier alpha value is -3.44. The molecule has 2 bridgehead atoms. The highest BCUT2D eigenvalue weighted by atomic mass is 16.5. The van der Waals surface area contributed by atoms with Crippen LogP contribution < -0.4 is 19.9 Å². The number of carboxylic acid groups (broad SMARTS) is 1. The maximum Gasteiger partial charge on any atom is 0.354 e. The normalized spacial score (nSPS) is 18.0. The van der Waals surface area contributed by atoms with Gasteiger partial charge in [0.1, 0.15) is 24.3 Å². The van der Waals surface area contributed by atoms with E-state index in [9.17, 15) is 19.8 Å². The second-order valence-electron chi connectivity index (χ2n) is 7.06. The second-order valence-corrected chi connectivity index (χ2v) is 7.06. The predicted octanol–water partition coefficient (Wildman–Crippen LogP) is 0.538. The van der Waals surface area contributed by atoms with Crippen molar-refractivity contribution in [3.63, 3.8) is 0 Å². The van der Waals surface area contributed by atoms with Crippen molar-refractivity contribution in [2.24, 2.45) is 0 Å². The van der Waals surface area contributed by atoms with Crippen molar-refractivity contribution in [1.29, 1.82) is 0 Å². The minimum Gasteiger partial charge on any atom is -0.491 e. The Morgan fingerprint density at radius 2 is 2.17 bits per heavy atom. The summed E-state index contributed by atoms with van der Waals surface area (Å²) in [6.45, 7) is 0.869. The lowest BCUT2D eigenvalue weighted by Crippen LogP contribution is -2.48. The monoisotopic (exact) mass is 415 g/mol. The fourth-order valence-corrected chi connectivity index (χ4v) is 3.57. The fourth-order valence-electron chi connectivity index (χ4n) is 3.57. The van der Waals surface area contributed by atoms with Gasteiger partial charge in [-0.1, -0.05) is 0 Å². The van der Waals surface area contributed by atoms with Crippen LogP contribution in [0.2, 0.25) is 0 Å². The number of hydrogen-bond acceptors (Lipinski definition) is 8. The first-order valence-corrected chi connectivity index (χ1v) is 9.43. The molecule has 0 aromatic carbocycles. The van der Waals surface area contributed by atoms with Gasteiger partial charge in [-0.15, -0.1) is 0 Å². The number of carbonyl (C=O) groups excluding carboxylic acids is 1. The Morgan fingerprint density at radius 1 is 1.33 bits per heavy atom. The smallest absolute Gasteiger partial charge is 0.354 e. The molecule has 2 aromatic heterocycles. The lowest BCUT2D eigenvalue weighted by Gasteiger charge is -2.35. The van der Waals surface area contributed by atoms with Crippen molar-refractivity contribution in [2.75, 3.05) is 41.4 Å². The molecule has 4 rings (SSSR count). The first-order valence-electron chi connectivity index (χ1n) is 9.43. The Kier molecular flexibility index (Phi) is 5.38. The summed E-state index contributed by atoms with van der Waals surface area (Å²) in [6, 6.07) is 5.55. The first-order chi connectivity index (χ1) is 14.5. The van der Waals surface area contributed by atoms with Crippen LogP contribution in [0.3, 0.4) is 0 Å². The number of nitrogens with one attached hydrogen (secondary N) is 1. The molecule has 4 N–H and O–H groups in total. The molecule has 0 unspecified atom stereocenters. The van der Waals surface area contributed by atoms with Crippen LogP contribution in [0.25, 0.3) is 0 Å². The van der Waals surface area contributed by atoms with Crippen molar-refractivity contribution in [3.05, 3.63) is 36.2 Å². The minimum absolute atomic E-state index is 0.104. The highest BCUT2D eigenvalue weighted by Gasteiger charge is 2.40. The van der Waals surface area contributed by atoms with Gasteiger partial charge in [-0.2, -0.15) is 0 Å². The Labute approximate surface area is 171 Å². The number of carbonyl (C=O) groups is 2. The SMILES string of the molecule is O=C(O)c1ccc2c(n1)N(C(=O)Nc1cc(OC[C@H](O)CO)ccn1)[C@H]1CCN2C1. The molecule has 2 aliphatic heterocycles. The van der Waals surface area contributed by atoms with Crippen LogP contribution in [-0.4, -0.2) is 75.7 Å². The summed E-state index contributed by atoms with van der Waals surface area (Å²) >= 11 is 0. The molecule has 30 heavy (non-hydrogen) atoms. The molecular formula is C19H21N5O6. The molecule has 11 nitrogen and oxygen atoms in total. The lowest BCUT2D eigenvalue weighted by atomic mass is 10.2. The number of fused-ring (bicyclic) bond motifs is 4. The van der Waals surface area contributed by atoms with Gasteiger partial charge in [0, 0.05) is 25.4 Å². The number of aliphatic hydroxyl groups excluding tert-OH is 2. The van der Waals surface area contributed by atoms with E-state index < -0.39 is 24.7 Å². The molecule has 0 spiro atoms. The molecule has 11 heteroatoms. The number of amides is 2. The third kappa shape index (κ3) is 3.84. The maximum atomic E-state index is 13.1. The van der Waals surface area contributed by atoms with Crippen molar-refractivity contribution in [3.8, 4) is 5.75 Å². The third-order valence-corrected chi connectivity index (χ3v) is 5.01. The summed E-state index contributed by atoms with van der Waals surface area (Å²) in [5.74, 6) is -0.264. The van der Waals surface area contributed by atoms with Gasteiger partial charge in [0.05, 0.1) is 18.3 Å². The van der Waals surface area contributed by atoms with E-state index in [0.29, 0.717) is 23.8 Å². The standard InChI is InChI=1S/C19H21N5O6/c25-9-12(26)10-30-13-3-5-20-16(7-13)22-19(29)24-11-4-6-23(8-11)15-2-1-14(18(27)28)21-17(15)24/h1-3,5,7,11-12,25-26H,4,6,8-10H2,(H,27,28)(H,20,22,29)/t11-,12+/m0/s1. The molecule has 0 radical (unpaired) electrons. The number of urea groups is 1. The minimum atomic E-state index is -1.16. The molecule has 1 fully saturated rings. The van der Waals surface area contributed by atoms with Crippen LogP contribution in [0.4, 0.5) is 22.1 Å². The number of aromatic nitrogens is 2. The molecule has 2 amide bonds. The molecule has 2 aliphatic rings. The maximum absolute atomic E-state index is 13.1. The zero-order chi connectivity index (χ0) is 21.3. The number of aromatic carboxylic acids is 1.